The second kappa shape index (κ2) is 2.38. The van der Waals surface area contributed by atoms with Crippen molar-refractivity contribution in [3.63, 3.8) is 0 Å². The molecule has 0 aromatic heterocycles. The molecule has 0 aromatic rings. The quantitative estimate of drug-likeness (QED) is 0.538. The molecule has 1 atom stereocenters. The number of allylic oxidation sites excluding steroid dienone is 2. The van der Waals surface area contributed by atoms with E-state index in [1.165, 1.54) is 0 Å². The molecule has 0 saturated heterocycles. The van der Waals surface area contributed by atoms with E-state index in [1.54, 1.807) is 0 Å². The SMILES string of the molecule is C[C@@H]1CN2C=CC(Cl)=CC2=N1. The molecule has 3 heteroatoms. The zero-order valence-electron chi connectivity index (χ0n) is 6.29. The Morgan fingerprint density at radius 3 is 3.36 bits per heavy atom. The van der Waals surface area contributed by atoms with Crippen molar-refractivity contribution < 1.29 is 0 Å². The van der Waals surface area contributed by atoms with E-state index in [1.807, 2.05) is 18.4 Å². The van der Waals surface area contributed by atoms with Gasteiger partial charge in [-0.25, -0.2) is 0 Å². The molecular weight excluding hydrogens is 160 g/mol. The van der Waals surface area contributed by atoms with E-state index < -0.39 is 0 Å². The third-order valence-corrected chi connectivity index (χ3v) is 2.02. The smallest absolute Gasteiger partial charge is 0.129 e. The molecule has 0 N–H and O–H groups in total. The fourth-order valence-electron chi connectivity index (χ4n) is 1.31. The van der Waals surface area contributed by atoms with Gasteiger partial charge in [-0.3, -0.25) is 4.99 Å². The minimum absolute atomic E-state index is 0.397. The summed E-state index contributed by atoms with van der Waals surface area (Å²) in [4.78, 5) is 6.50. The Bertz CT molecular complexity index is 265. The number of amidine groups is 1. The van der Waals surface area contributed by atoms with Crippen LogP contribution in [-0.4, -0.2) is 23.3 Å². The summed E-state index contributed by atoms with van der Waals surface area (Å²) in [6, 6.07) is 0.397. The van der Waals surface area contributed by atoms with Crippen molar-refractivity contribution in [1.29, 1.82) is 0 Å². The van der Waals surface area contributed by atoms with Gasteiger partial charge in [-0.2, -0.15) is 0 Å². The van der Waals surface area contributed by atoms with Gasteiger partial charge < -0.3 is 4.90 Å². The Balaban J connectivity index is 2.31. The van der Waals surface area contributed by atoms with E-state index >= 15 is 0 Å². The molecule has 0 amide bonds. The van der Waals surface area contributed by atoms with E-state index in [-0.39, 0.29) is 0 Å². The summed E-state index contributed by atoms with van der Waals surface area (Å²) < 4.78 is 0. The van der Waals surface area contributed by atoms with E-state index in [0.29, 0.717) is 6.04 Å². The van der Waals surface area contributed by atoms with Gasteiger partial charge in [0.05, 0.1) is 6.04 Å². The Morgan fingerprint density at radius 2 is 2.55 bits per heavy atom. The maximum absolute atomic E-state index is 5.80. The molecular formula is C8H9ClN2. The topological polar surface area (TPSA) is 15.6 Å². The van der Waals surface area contributed by atoms with E-state index in [4.69, 9.17) is 11.6 Å². The van der Waals surface area contributed by atoms with Crippen LogP contribution >= 0.6 is 11.6 Å². The number of rotatable bonds is 0. The minimum Gasteiger partial charge on any atom is -0.331 e. The molecule has 2 rings (SSSR count). The average Bonchev–Trinajstić information content (AvgIpc) is 2.27. The molecule has 0 unspecified atom stereocenters. The molecule has 2 heterocycles. The third kappa shape index (κ3) is 1.18. The van der Waals surface area contributed by atoms with Crippen molar-refractivity contribution in [3.8, 4) is 0 Å². The summed E-state index contributed by atoms with van der Waals surface area (Å²) in [6.45, 7) is 3.08. The number of hydrogen-bond donors (Lipinski definition) is 0. The highest BCUT2D eigenvalue weighted by Crippen LogP contribution is 2.18. The lowest BCUT2D eigenvalue weighted by atomic mass is 10.3. The van der Waals surface area contributed by atoms with Gasteiger partial charge in [0.25, 0.3) is 0 Å². The number of nitrogens with zero attached hydrogens (tertiary/aromatic N) is 2. The summed E-state index contributed by atoms with van der Waals surface area (Å²) in [5.41, 5.74) is 0. The lowest BCUT2D eigenvalue weighted by Crippen LogP contribution is -2.23. The van der Waals surface area contributed by atoms with Gasteiger partial charge in [-0.1, -0.05) is 11.6 Å². The van der Waals surface area contributed by atoms with E-state index in [2.05, 4.69) is 16.8 Å². The second-order valence-corrected chi connectivity index (χ2v) is 3.27. The van der Waals surface area contributed by atoms with Gasteiger partial charge in [-0.15, -0.1) is 0 Å². The van der Waals surface area contributed by atoms with E-state index in [0.717, 1.165) is 17.4 Å². The average molecular weight is 169 g/mol. The van der Waals surface area contributed by atoms with Crippen molar-refractivity contribution in [2.75, 3.05) is 6.54 Å². The zero-order valence-corrected chi connectivity index (χ0v) is 7.04. The third-order valence-electron chi connectivity index (χ3n) is 1.79. The van der Waals surface area contributed by atoms with Crippen molar-refractivity contribution in [2.24, 2.45) is 4.99 Å². The molecule has 0 bridgehead atoms. The minimum atomic E-state index is 0.397. The van der Waals surface area contributed by atoms with Crippen molar-refractivity contribution in [3.05, 3.63) is 23.4 Å². The van der Waals surface area contributed by atoms with Crippen LogP contribution in [0.3, 0.4) is 0 Å². The highest BCUT2D eigenvalue weighted by Gasteiger charge is 2.20. The fourth-order valence-corrected chi connectivity index (χ4v) is 1.46. The number of fused-ring (bicyclic) bond motifs is 1. The standard InChI is InChI=1S/C8H9ClN2/c1-6-5-11-3-2-7(9)4-8(11)10-6/h2-4,6H,5H2,1H3/t6-/m1/s1. The Hall–Kier alpha value is -0.760. The molecule has 0 radical (unpaired) electrons. The van der Waals surface area contributed by atoms with Crippen LogP contribution in [0.1, 0.15) is 6.92 Å². The lowest BCUT2D eigenvalue weighted by molar-refractivity contribution is 0.557. The first-order chi connectivity index (χ1) is 5.25. The monoisotopic (exact) mass is 168 g/mol. The predicted octanol–water partition coefficient (Wildman–Crippen LogP) is 1.74. The summed E-state index contributed by atoms with van der Waals surface area (Å²) in [5, 5.41) is 0.758. The van der Waals surface area contributed by atoms with Crippen LogP contribution in [0.4, 0.5) is 0 Å². The molecule has 58 valence electrons. The summed E-state index contributed by atoms with van der Waals surface area (Å²) in [7, 11) is 0. The molecule has 2 aliphatic heterocycles. The number of aliphatic imine (C=N–C) groups is 1. The maximum atomic E-state index is 5.80. The molecule has 0 fully saturated rings. The zero-order chi connectivity index (χ0) is 7.84. The van der Waals surface area contributed by atoms with Gasteiger partial charge in [0.15, 0.2) is 0 Å². The van der Waals surface area contributed by atoms with Gasteiger partial charge in [-0.05, 0) is 19.1 Å². The number of halogens is 1. The Morgan fingerprint density at radius 1 is 1.73 bits per heavy atom. The number of hydrogen-bond acceptors (Lipinski definition) is 2. The maximum Gasteiger partial charge on any atom is 0.129 e. The van der Waals surface area contributed by atoms with Gasteiger partial charge in [0.2, 0.25) is 0 Å². The Labute approximate surface area is 70.9 Å². The molecule has 11 heavy (non-hydrogen) atoms. The van der Waals surface area contributed by atoms with Gasteiger partial charge >= 0.3 is 0 Å². The molecule has 0 saturated carbocycles. The van der Waals surface area contributed by atoms with Crippen LogP contribution in [0.15, 0.2) is 28.4 Å². The van der Waals surface area contributed by atoms with Crippen LogP contribution < -0.4 is 0 Å². The van der Waals surface area contributed by atoms with Crippen LogP contribution in [0.5, 0.6) is 0 Å². The predicted molar refractivity (Wildman–Crippen MR) is 46.7 cm³/mol. The van der Waals surface area contributed by atoms with Crippen LogP contribution in [0.2, 0.25) is 0 Å². The van der Waals surface area contributed by atoms with Crippen molar-refractivity contribution in [1.82, 2.24) is 4.90 Å². The van der Waals surface area contributed by atoms with Crippen LogP contribution in [-0.2, 0) is 0 Å². The van der Waals surface area contributed by atoms with E-state index in [9.17, 15) is 0 Å². The fraction of sp³-hybridized carbons (Fsp3) is 0.375. The second-order valence-electron chi connectivity index (χ2n) is 2.83. The summed E-state index contributed by atoms with van der Waals surface area (Å²) in [5.74, 6) is 0.991. The normalized spacial score (nSPS) is 28.2. The van der Waals surface area contributed by atoms with Crippen molar-refractivity contribution in [2.45, 2.75) is 13.0 Å². The summed E-state index contributed by atoms with van der Waals surface area (Å²) >= 11 is 5.80. The van der Waals surface area contributed by atoms with Gasteiger partial charge in [0.1, 0.15) is 5.84 Å². The lowest BCUT2D eigenvalue weighted by Gasteiger charge is -2.16. The first kappa shape index (κ1) is 6.92. The highest BCUT2D eigenvalue weighted by atomic mass is 35.5. The molecule has 0 aromatic carbocycles. The van der Waals surface area contributed by atoms with Crippen LogP contribution in [0.25, 0.3) is 0 Å². The first-order valence-corrected chi connectivity index (χ1v) is 4.03. The molecule has 0 spiro atoms. The van der Waals surface area contributed by atoms with Crippen molar-refractivity contribution >= 4 is 17.4 Å². The Kier molecular flexibility index (Phi) is 1.50. The molecule has 0 aliphatic carbocycles. The molecule has 2 nitrogen and oxygen atoms in total. The highest BCUT2D eigenvalue weighted by molar-refractivity contribution is 6.33. The first-order valence-electron chi connectivity index (χ1n) is 3.65. The van der Waals surface area contributed by atoms with Crippen LogP contribution in [0, 0.1) is 0 Å². The van der Waals surface area contributed by atoms with Gasteiger partial charge in [0, 0.05) is 17.8 Å². The largest absolute Gasteiger partial charge is 0.331 e. The molecule has 2 aliphatic rings. The summed E-state index contributed by atoms with van der Waals surface area (Å²) in [6.07, 6.45) is 5.76.